The van der Waals surface area contributed by atoms with Crippen LogP contribution >= 0.6 is 0 Å². The van der Waals surface area contributed by atoms with Gasteiger partial charge in [-0.2, -0.15) is 0 Å². The monoisotopic (exact) mass is 470 g/mol. The molecule has 2 fully saturated rings. The molecule has 0 heterocycles. The predicted octanol–water partition coefficient (Wildman–Crippen LogP) is 4.54. The van der Waals surface area contributed by atoms with Crippen molar-refractivity contribution in [1.82, 2.24) is 10.6 Å². The minimum absolute atomic E-state index is 0.0595. The Morgan fingerprint density at radius 1 is 0.970 bits per heavy atom. The topological polar surface area (TPSA) is 123 Å². The summed E-state index contributed by atoms with van der Waals surface area (Å²) in [4.78, 5) is 33.3. The van der Waals surface area contributed by atoms with E-state index in [-0.39, 0.29) is 6.61 Å². The van der Waals surface area contributed by atoms with E-state index in [4.69, 9.17) is 9.84 Å². The zero-order valence-corrected chi connectivity index (χ0v) is 20.4. The summed E-state index contributed by atoms with van der Waals surface area (Å²) in [5.41, 5.74) is -0.767. The van der Waals surface area contributed by atoms with Gasteiger partial charge in [-0.15, -0.1) is 0 Å². The second-order valence-electron chi connectivity index (χ2n) is 9.53. The normalized spacial score (nSPS) is 18.2. The average molecular weight is 471 g/mol. The highest BCUT2D eigenvalue weighted by atomic mass is 16.7. The van der Waals surface area contributed by atoms with Crippen LogP contribution in [0.4, 0.5) is 9.59 Å². The molecule has 0 aromatic carbocycles. The second kappa shape index (κ2) is 15.5. The lowest BCUT2D eigenvalue weighted by Gasteiger charge is -2.30. The number of ether oxygens (including phenoxy) is 3. The summed E-state index contributed by atoms with van der Waals surface area (Å²) < 4.78 is 13.9. The molecule has 9 heteroatoms. The standard InChI is InChI=1S/C12H19NO7.C12H23N/c1-5-6-18-11(17)19-7-8(9(14)15)13-10(16)20-12(2,3)4;1-3-7-11(8-4-1)13-12-9-5-2-6-10-12/h5,8H,1,6-7H2,2-4H3,(H,13,16)(H,14,15);11-13H,1-10H2. The van der Waals surface area contributed by atoms with E-state index in [1.54, 1.807) is 20.8 Å². The number of carbonyl (C=O) groups excluding carboxylic acids is 2. The van der Waals surface area contributed by atoms with Gasteiger partial charge >= 0.3 is 18.2 Å². The fourth-order valence-electron chi connectivity index (χ4n) is 3.82. The van der Waals surface area contributed by atoms with Crippen LogP contribution in [0.3, 0.4) is 0 Å². The molecule has 0 radical (unpaired) electrons. The summed E-state index contributed by atoms with van der Waals surface area (Å²) in [7, 11) is 0. The molecule has 33 heavy (non-hydrogen) atoms. The van der Waals surface area contributed by atoms with Gasteiger partial charge in [-0.25, -0.2) is 14.4 Å². The number of alkyl carbamates (subject to hydrolysis) is 1. The van der Waals surface area contributed by atoms with Gasteiger partial charge in [0.25, 0.3) is 0 Å². The first-order chi connectivity index (χ1) is 15.6. The van der Waals surface area contributed by atoms with Crippen molar-refractivity contribution in [1.29, 1.82) is 0 Å². The predicted molar refractivity (Wildman–Crippen MR) is 125 cm³/mol. The molecule has 0 saturated heterocycles. The number of amides is 1. The van der Waals surface area contributed by atoms with E-state index in [2.05, 4.69) is 26.7 Å². The number of rotatable bonds is 8. The van der Waals surface area contributed by atoms with Crippen LogP contribution in [0.15, 0.2) is 12.7 Å². The van der Waals surface area contributed by atoms with E-state index < -0.39 is 36.5 Å². The molecule has 0 bridgehead atoms. The Morgan fingerprint density at radius 3 is 1.91 bits per heavy atom. The molecule has 9 nitrogen and oxygen atoms in total. The maximum atomic E-state index is 11.4. The van der Waals surface area contributed by atoms with Gasteiger partial charge in [-0.3, -0.25) is 0 Å². The van der Waals surface area contributed by atoms with Crippen LogP contribution in [0, 0.1) is 0 Å². The highest BCUT2D eigenvalue weighted by molar-refractivity contribution is 5.80. The van der Waals surface area contributed by atoms with E-state index in [0.717, 1.165) is 12.1 Å². The number of carboxylic acid groups (broad SMARTS) is 1. The minimum Gasteiger partial charge on any atom is -0.480 e. The lowest BCUT2D eigenvalue weighted by molar-refractivity contribution is -0.140. The fourth-order valence-corrected chi connectivity index (χ4v) is 3.82. The number of aliphatic carboxylic acids is 1. The lowest BCUT2D eigenvalue weighted by Crippen LogP contribution is -2.46. The van der Waals surface area contributed by atoms with Gasteiger partial charge in [-0.05, 0) is 46.5 Å². The molecule has 190 valence electrons. The summed E-state index contributed by atoms with van der Waals surface area (Å²) in [6, 6.07) is 0.315. The van der Waals surface area contributed by atoms with Crippen LogP contribution in [-0.4, -0.2) is 60.3 Å². The Hall–Kier alpha value is -2.29. The summed E-state index contributed by atoms with van der Waals surface area (Å²) in [6.45, 7) is 7.58. The zero-order valence-electron chi connectivity index (χ0n) is 20.4. The van der Waals surface area contributed by atoms with Gasteiger partial charge in [0, 0.05) is 12.1 Å². The molecular formula is C24H42N2O7. The van der Waals surface area contributed by atoms with Crippen molar-refractivity contribution >= 4 is 18.2 Å². The van der Waals surface area contributed by atoms with Gasteiger partial charge in [-0.1, -0.05) is 51.2 Å². The quantitative estimate of drug-likeness (QED) is 0.349. The molecule has 2 rings (SSSR count). The molecule has 0 spiro atoms. The average Bonchev–Trinajstić information content (AvgIpc) is 2.75. The van der Waals surface area contributed by atoms with Gasteiger partial charge in [0.1, 0.15) is 18.8 Å². The van der Waals surface area contributed by atoms with E-state index in [1.165, 1.54) is 70.3 Å². The van der Waals surface area contributed by atoms with Crippen LogP contribution in [0.1, 0.15) is 85.0 Å². The second-order valence-corrected chi connectivity index (χ2v) is 9.53. The minimum atomic E-state index is -1.43. The molecule has 0 aliphatic heterocycles. The Labute approximate surface area is 197 Å². The summed E-state index contributed by atoms with van der Waals surface area (Å²) >= 11 is 0. The van der Waals surface area contributed by atoms with E-state index in [0.29, 0.717) is 0 Å². The Kier molecular flexibility index (Phi) is 13.5. The van der Waals surface area contributed by atoms with Gasteiger partial charge in [0.05, 0.1) is 0 Å². The van der Waals surface area contributed by atoms with Gasteiger partial charge < -0.3 is 30.0 Å². The SMILES string of the molecule is C1CCC(NC2CCCCC2)CC1.C=CCOC(=O)OCC(NC(=O)OC(C)(C)C)C(=O)O. The fraction of sp³-hybridized carbons (Fsp3) is 0.792. The van der Waals surface area contributed by atoms with Crippen molar-refractivity contribution in [2.75, 3.05) is 13.2 Å². The zero-order chi connectivity index (χ0) is 24.7. The Balaban J connectivity index is 0.000000357. The molecule has 2 aliphatic carbocycles. The summed E-state index contributed by atoms with van der Waals surface area (Å²) in [6.07, 6.45) is 13.9. The van der Waals surface area contributed by atoms with Crippen LogP contribution in [0.2, 0.25) is 0 Å². The number of carboxylic acids is 1. The van der Waals surface area contributed by atoms with Crippen LogP contribution in [-0.2, 0) is 19.0 Å². The van der Waals surface area contributed by atoms with Crippen molar-refractivity contribution in [3.63, 3.8) is 0 Å². The van der Waals surface area contributed by atoms with Crippen molar-refractivity contribution in [3.8, 4) is 0 Å². The molecule has 0 aromatic rings. The maximum Gasteiger partial charge on any atom is 0.508 e. The molecule has 2 aliphatic rings. The van der Waals surface area contributed by atoms with Crippen LogP contribution < -0.4 is 10.6 Å². The van der Waals surface area contributed by atoms with Crippen molar-refractivity contribution in [3.05, 3.63) is 12.7 Å². The van der Waals surface area contributed by atoms with Gasteiger partial charge in [0.2, 0.25) is 0 Å². The van der Waals surface area contributed by atoms with Crippen molar-refractivity contribution in [2.24, 2.45) is 0 Å². The molecule has 1 unspecified atom stereocenters. The number of hydrogen-bond acceptors (Lipinski definition) is 7. The first kappa shape index (κ1) is 28.7. The van der Waals surface area contributed by atoms with E-state index in [9.17, 15) is 14.4 Å². The largest absolute Gasteiger partial charge is 0.508 e. The maximum absolute atomic E-state index is 11.4. The molecule has 1 amide bonds. The van der Waals surface area contributed by atoms with Crippen LogP contribution in [0.5, 0.6) is 0 Å². The van der Waals surface area contributed by atoms with E-state index in [1.807, 2.05) is 0 Å². The van der Waals surface area contributed by atoms with E-state index >= 15 is 0 Å². The van der Waals surface area contributed by atoms with Crippen molar-refractivity contribution in [2.45, 2.75) is 109 Å². The molecular weight excluding hydrogens is 428 g/mol. The third-order valence-electron chi connectivity index (χ3n) is 5.36. The lowest BCUT2D eigenvalue weighted by atomic mass is 9.91. The van der Waals surface area contributed by atoms with Crippen molar-refractivity contribution < 1.29 is 33.7 Å². The first-order valence-corrected chi connectivity index (χ1v) is 12.0. The number of carbonyl (C=O) groups is 3. The molecule has 3 N–H and O–H groups in total. The number of hydrogen-bond donors (Lipinski definition) is 3. The highest BCUT2D eigenvalue weighted by Gasteiger charge is 2.25. The first-order valence-electron chi connectivity index (χ1n) is 12.0. The third-order valence-corrected chi connectivity index (χ3v) is 5.36. The smallest absolute Gasteiger partial charge is 0.480 e. The molecule has 1 atom stereocenters. The Bertz CT molecular complexity index is 590. The molecule has 0 aromatic heterocycles. The van der Waals surface area contributed by atoms with Gasteiger partial charge in [0.15, 0.2) is 6.04 Å². The summed E-state index contributed by atoms with van der Waals surface area (Å²) in [5.74, 6) is -1.37. The third kappa shape index (κ3) is 14.5. The molecule has 2 saturated carbocycles. The van der Waals surface area contributed by atoms with Crippen LogP contribution in [0.25, 0.3) is 0 Å². The number of nitrogens with one attached hydrogen (secondary N) is 2. The highest BCUT2D eigenvalue weighted by Crippen LogP contribution is 2.22. The summed E-state index contributed by atoms with van der Waals surface area (Å²) in [5, 5.41) is 14.8. The Morgan fingerprint density at radius 2 is 1.48 bits per heavy atom.